The third kappa shape index (κ3) is 3.78. The minimum Gasteiger partial charge on any atom is -0.469 e. The van der Waals surface area contributed by atoms with Crippen LogP contribution in [0.1, 0.15) is 24.5 Å². The quantitative estimate of drug-likeness (QED) is 0.511. The second-order valence-electron chi connectivity index (χ2n) is 3.59. The number of carbonyl (C=O) groups is 1. The highest BCUT2D eigenvalue weighted by molar-refractivity contribution is 9.10. The molecule has 1 N–H and O–H groups in total. The minimum absolute atomic E-state index is 0.00485. The molecular weight excluding hydrogens is 306 g/mol. The Morgan fingerprint density at radius 3 is 2.83 bits per heavy atom. The molecule has 0 saturated carbocycles. The number of hydrogen-bond acceptors (Lipinski definition) is 5. The third-order valence-corrected chi connectivity index (χ3v) is 2.89. The Kier molecular flexibility index (Phi) is 5.24. The zero-order chi connectivity index (χ0) is 13.7. The van der Waals surface area contributed by atoms with Crippen LogP contribution >= 0.6 is 15.9 Å². The number of nitro groups is 1. The molecule has 0 amide bonds. The van der Waals surface area contributed by atoms with E-state index in [1.54, 1.807) is 6.07 Å². The van der Waals surface area contributed by atoms with E-state index >= 15 is 0 Å². The maximum absolute atomic E-state index is 10.9. The van der Waals surface area contributed by atoms with E-state index < -0.39 is 17.0 Å². The Balaban J connectivity index is 2.88. The Labute approximate surface area is 112 Å². The number of benzene rings is 1. The minimum atomic E-state index is -1.07. The molecule has 98 valence electrons. The number of esters is 1. The first-order chi connectivity index (χ1) is 8.45. The number of aliphatic hydroxyl groups is 1. The highest BCUT2D eigenvalue weighted by atomic mass is 79.9. The molecule has 1 unspecified atom stereocenters. The monoisotopic (exact) mass is 317 g/mol. The summed E-state index contributed by atoms with van der Waals surface area (Å²) in [4.78, 5) is 21.2. The van der Waals surface area contributed by atoms with Crippen molar-refractivity contribution in [2.24, 2.45) is 0 Å². The molecule has 0 bridgehead atoms. The number of nitrogens with zero attached hydrogens (tertiary/aromatic N) is 1. The topological polar surface area (TPSA) is 89.7 Å². The lowest BCUT2D eigenvalue weighted by molar-refractivity contribution is -0.386. The zero-order valence-electron chi connectivity index (χ0n) is 9.63. The van der Waals surface area contributed by atoms with E-state index in [0.29, 0.717) is 4.47 Å². The SMILES string of the molecule is COC(=O)CCC(O)c1ccc(Br)cc1[N+](=O)[O-]. The van der Waals surface area contributed by atoms with E-state index in [-0.39, 0.29) is 24.1 Å². The van der Waals surface area contributed by atoms with Crippen molar-refractivity contribution >= 4 is 27.6 Å². The predicted molar refractivity (Wildman–Crippen MR) is 67.0 cm³/mol. The lowest BCUT2D eigenvalue weighted by Gasteiger charge is -2.10. The van der Waals surface area contributed by atoms with Crippen LogP contribution in [-0.2, 0) is 9.53 Å². The van der Waals surface area contributed by atoms with Gasteiger partial charge in [0.15, 0.2) is 0 Å². The van der Waals surface area contributed by atoms with Crippen LogP contribution in [0.4, 0.5) is 5.69 Å². The first-order valence-electron chi connectivity index (χ1n) is 5.14. The van der Waals surface area contributed by atoms with Crippen LogP contribution < -0.4 is 0 Å². The number of nitro benzene ring substituents is 1. The number of hydrogen-bond donors (Lipinski definition) is 1. The molecule has 0 spiro atoms. The average Bonchev–Trinajstić information content (AvgIpc) is 2.35. The standard InChI is InChI=1S/C11H12BrNO5/c1-18-11(15)5-4-10(14)8-3-2-7(12)6-9(8)13(16)17/h2-3,6,10,14H,4-5H2,1H3. The van der Waals surface area contributed by atoms with Gasteiger partial charge < -0.3 is 9.84 Å². The summed E-state index contributed by atoms with van der Waals surface area (Å²) in [5.74, 6) is -0.464. The summed E-state index contributed by atoms with van der Waals surface area (Å²) in [6.45, 7) is 0. The maximum atomic E-state index is 10.9. The van der Waals surface area contributed by atoms with Crippen molar-refractivity contribution in [3.05, 3.63) is 38.3 Å². The summed E-state index contributed by atoms with van der Waals surface area (Å²) < 4.78 is 5.00. The fraction of sp³-hybridized carbons (Fsp3) is 0.364. The van der Waals surface area contributed by atoms with E-state index in [1.807, 2.05) is 0 Å². The summed E-state index contributed by atoms with van der Waals surface area (Å²) in [6, 6.07) is 4.38. The number of methoxy groups -OCH3 is 1. The van der Waals surface area contributed by atoms with Crippen molar-refractivity contribution in [3.63, 3.8) is 0 Å². The molecule has 0 radical (unpaired) electrons. The highest BCUT2D eigenvalue weighted by Crippen LogP contribution is 2.30. The molecule has 1 rings (SSSR count). The van der Waals surface area contributed by atoms with Crippen molar-refractivity contribution in [1.82, 2.24) is 0 Å². The fourth-order valence-corrected chi connectivity index (χ4v) is 1.82. The van der Waals surface area contributed by atoms with E-state index in [4.69, 9.17) is 0 Å². The number of carbonyl (C=O) groups excluding carboxylic acids is 1. The largest absolute Gasteiger partial charge is 0.469 e. The van der Waals surface area contributed by atoms with Gasteiger partial charge in [-0.2, -0.15) is 0 Å². The zero-order valence-corrected chi connectivity index (χ0v) is 11.2. The smallest absolute Gasteiger partial charge is 0.305 e. The van der Waals surface area contributed by atoms with Crippen LogP contribution in [-0.4, -0.2) is 23.1 Å². The first-order valence-corrected chi connectivity index (χ1v) is 5.93. The molecule has 0 heterocycles. The molecule has 6 nitrogen and oxygen atoms in total. The van der Waals surface area contributed by atoms with Gasteiger partial charge in [0.05, 0.1) is 23.7 Å². The molecule has 0 fully saturated rings. The average molecular weight is 318 g/mol. The van der Waals surface area contributed by atoms with Crippen LogP contribution in [0.3, 0.4) is 0 Å². The summed E-state index contributed by atoms with van der Waals surface area (Å²) >= 11 is 3.13. The molecule has 18 heavy (non-hydrogen) atoms. The van der Waals surface area contributed by atoms with Crippen LogP contribution in [0.2, 0.25) is 0 Å². The first kappa shape index (κ1) is 14.6. The number of halogens is 1. The van der Waals surface area contributed by atoms with E-state index in [9.17, 15) is 20.0 Å². The van der Waals surface area contributed by atoms with Crippen molar-refractivity contribution in [2.45, 2.75) is 18.9 Å². The molecule has 1 aromatic carbocycles. The Morgan fingerprint density at radius 1 is 1.61 bits per heavy atom. The van der Waals surface area contributed by atoms with E-state index in [2.05, 4.69) is 20.7 Å². The van der Waals surface area contributed by atoms with Crippen LogP contribution in [0.15, 0.2) is 22.7 Å². The van der Waals surface area contributed by atoms with Crippen LogP contribution in [0, 0.1) is 10.1 Å². The van der Waals surface area contributed by atoms with Gasteiger partial charge in [-0.25, -0.2) is 0 Å². The van der Waals surface area contributed by atoms with Gasteiger partial charge in [-0.3, -0.25) is 14.9 Å². The highest BCUT2D eigenvalue weighted by Gasteiger charge is 2.21. The Morgan fingerprint density at radius 2 is 2.28 bits per heavy atom. The lowest BCUT2D eigenvalue weighted by atomic mass is 10.0. The van der Waals surface area contributed by atoms with Gasteiger partial charge >= 0.3 is 5.97 Å². The van der Waals surface area contributed by atoms with Gasteiger partial charge in [-0.05, 0) is 18.6 Å². The third-order valence-electron chi connectivity index (χ3n) is 2.40. The van der Waals surface area contributed by atoms with Crippen molar-refractivity contribution in [3.8, 4) is 0 Å². The molecular formula is C11H12BrNO5. The van der Waals surface area contributed by atoms with Gasteiger partial charge in [-0.15, -0.1) is 0 Å². The Bertz CT molecular complexity index is 463. The van der Waals surface area contributed by atoms with E-state index in [1.165, 1.54) is 19.2 Å². The summed E-state index contributed by atoms with van der Waals surface area (Å²) in [6.07, 6.45) is -0.988. The predicted octanol–water partition coefficient (Wildman–Crippen LogP) is 2.34. The summed E-state index contributed by atoms with van der Waals surface area (Å²) in [5.41, 5.74) is 0.00819. The number of aliphatic hydroxyl groups excluding tert-OH is 1. The molecule has 1 atom stereocenters. The van der Waals surface area contributed by atoms with Crippen molar-refractivity contribution < 1.29 is 19.6 Å². The van der Waals surface area contributed by atoms with Gasteiger partial charge in [-0.1, -0.05) is 15.9 Å². The number of ether oxygens (including phenoxy) is 1. The van der Waals surface area contributed by atoms with Gasteiger partial charge in [0.1, 0.15) is 0 Å². The van der Waals surface area contributed by atoms with Gasteiger partial charge in [0.2, 0.25) is 0 Å². The second kappa shape index (κ2) is 6.46. The van der Waals surface area contributed by atoms with E-state index in [0.717, 1.165) is 0 Å². The summed E-state index contributed by atoms with van der Waals surface area (Å²) in [7, 11) is 1.25. The van der Waals surface area contributed by atoms with Gasteiger partial charge in [0, 0.05) is 17.0 Å². The second-order valence-corrected chi connectivity index (χ2v) is 4.51. The molecule has 7 heteroatoms. The molecule has 0 saturated heterocycles. The maximum Gasteiger partial charge on any atom is 0.305 e. The normalized spacial score (nSPS) is 11.9. The van der Waals surface area contributed by atoms with Gasteiger partial charge in [0.25, 0.3) is 5.69 Å². The lowest BCUT2D eigenvalue weighted by Crippen LogP contribution is -2.07. The summed E-state index contributed by atoms with van der Waals surface area (Å²) in [5, 5.41) is 20.7. The van der Waals surface area contributed by atoms with Crippen molar-refractivity contribution in [2.75, 3.05) is 7.11 Å². The van der Waals surface area contributed by atoms with Crippen molar-refractivity contribution in [1.29, 1.82) is 0 Å². The molecule has 0 aliphatic carbocycles. The number of rotatable bonds is 5. The Hall–Kier alpha value is -1.47. The molecule has 0 aliphatic rings. The molecule has 1 aromatic rings. The van der Waals surface area contributed by atoms with Crippen LogP contribution in [0.5, 0.6) is 0 Å². The fourth-order valence-electron chi connectivity index (χ4n) is 1.47. The molecule has 0 aliphatic heterocycles. The molecule has 0 aromatic heterocycles. The van der Waals surface area contributed by atoms with Crippen LogP contribution in [0.25, 0.3) is 0 Å².